The molecule has 2 atom stereocenters. The van der Waals surface area contributed by atoms with Crippen LogP contribution in [0.4, 0.5) is 28.9 Å². The quantitative estimate of drug-likeness (QED) is 0.00839. The van der Waals surface area contributed by atoms with E-state index in [-0.39, 0.29) is 55.5 Å². The molecule has 11 aromatic rings. The number of halogens is 4. The zero-order chi connectivity index (χ0) is 77.2. The molecule has 0 amide bonds. The van der Waals surface area contributed by atoms with Gasteiger partial charge >= 0.3 is 0 Å². The van der Waals surface area contributed by atoms with E-state index in [0.717, 1.165) is 124 Å². The summed E-state index contributed by atoms with van der Waals surface area (Å²) in [5, 5.41) is 41.4. The second kappa shape index (κ2) is 38.2. The molecule has 5 heterocycles. The zero-order valence-corrected chi connectivity index (χ0v) is 60.4. The minimum absolute atomic E-state index is 0.0199. The van der Waals surface area contributed by atoms with Crippen molar-refractivity contribution >= 4 is 35.1 Å². The molecule has 0 bridgehead atoms. The van der Waals surface area contributed by atoms with Crippen LogP contribution in [0, 0.1) is 35.6 Å². The number of aliphatic hydroxyl groups is 2. The van der Waals surface area contributed by atoms with E-state index in [0.29, 0.717) is 34.4 Å². The van der Waals surface area contributed by atoms with Crippen molar-refractivity contribution in [3.63, 3.8) is 0 Å². The second-order valence-electron chi connectivity index (χ2n) is 25.9. The monoisotopic (exact) mass is 1490 g/mol. The van der Waals surface area contributed by atoms with Crippen molar-refractivity contribution in [2.24, 2.45) is 5.11 Å². The number of piperazine rings is 2. The molecule has 2 N–H and O–H groups in total. The number of hydrogen-bond acceptors (Lipinski definition) is 19. The van der Waals surface area contributed by atoms with E-state index in [1.165, 1.54) is 56.5 Å². The molecule has 564 valence electrons. The number of allylic oxidation sites excluding steroid dienone is 2. The number of rotatable bonds is 29. The predicted molar refractivity (Wildman–Crippen MR) is 407 cm³/mol. The first-order valence-electron chi connectivity index (χ1n) is 35.1. The third kappa shape index (κ3) is 22.2. The third-order valence-electron chi connectivity index (χ3n) is 18.3. The normalized spacial score (nSPS) is 14.2. The van der Waals surface area contributed by atoms with Crippen LogP contribution in [0.25, 0.3) is 22.6 Å². The van der Waals surface area contributed by atoms with Gasteiger partial charge in [-0.1, -0.05) is 89.1 Å². The first-order chi connectivity index (χ1) is 53.4. The lowest BCUT2D eigenvalue weighted by molar-refractivity contribution is -0.00894. The van der Waals surface area contributed by atoms with E-state index < -0.39 is 41.0 Å². The van der Waals surface area contributed by atoms with Crippen LogP contribution in [-0.4, -0.2) is 156 Å². The number of aromatic nitrogens is 9. The Morgan fingerprint density at radius 1 is 0.555 bits per heavy atom. The standard InChI is InChI=1S/C41H40F2N8O4.C30H30N2O3.C11H10F2N6O/c1-54-36-12-4-31(5-13-36)23-48-18-20-49(21-19-48)35-10-7-32(8-11-35)40(52)17-6-30-2-14-37(15-3-30)55-25-34-24-50(47-46-34)26-41(53,27-51-29-44-28-45-51)38-16-9-33(42)22-39(38)43;1-3-22-35-29-15-4-24(5-16-29)8-17-30(33)26-9-11-27(12-10-26)32-20-18-31(19-21-32)23-25-6-13-28(34-2)14-7-25;12-8-1-2-9(10(13)3-8)11(20,4-16-18-14)5-19-7-15-6-17-19/h2-17,22,24,28-29,53H,18-21,23,25-27H2,1H3;1,4-17H,18-23H2,2H3;1-3,6-7,20H,4-5H2/b17-6+;17-8+;. The topological polar surface area (TPSA) is 265 Å². The van der Waals surface area contributed by atoms with Gasteiger partial charge in [0.2, 0.25) is 0 Å². The molecule has 2 saturated heterocycles. The number of carbonyl (C=O) groups excluding carboxylic acids is 2. The number of terminal acetylenes is 1. The van der Waals surface area contributed by atoms with Crippen molar-refractivity contribution in [2.45, 2.75) is 50.5 Å². The Labute approximate surface area is 632 Å². The second-order valence-corrected chi connectivity index (χ2v) is 25.9. The Balaban J connectivity index is 0.000000185. The fraction of sp³-hybridized carbons (Fsp3) is 0.244. The van der Waals surface area contributed by atoms with Crippen molar-refractivity contribution in [2.75, 3.05) is 89.5 Å². The number of benzene rings is 8. The van der Waals surface area contributed by atoms with Crippen LogP contribution in [0.1, 0.15) is 59.8 Å². The highest BCUT2D eigenvalue weighted by molar-refractivity contribution is 6.07. The van der Waals surface area contributed by atoms with Crippen molar-refractivity contribution in [1.29, 1.82) is 0 Å². The maximum Gasteiger partial charge on any atom is 0.185 e. The molecule has 0 saturated carbocycles. The molecule has 2 aliphatic rings. The minimum atomic E-state index is -1.85. The number of ketones is 2. The molecule has 24 nitrogen and oxygen atoms in total. The van der Waals surface area contributed by atoms with Gasteiger partial charge in [-0.05, 0) is 149 Å². The van der Waals surface area contributed by atoms with E-state index in [1.807, 2.05) is 115 Å². The van der Waals surface area contributed by atoms with Crippen LogP contribution in [0.5, 0.6) is 23.0 Å². The average Bonchev–Trinajstić information content (AvgIpc) is 0.844. The van der Waals surface area contributed by atoms with Gasteiger partial charge in [-0.2, -0.15) is 10.2 Å². The average molecular weight is 1490 g/mol. The van der Waals surface area contributed by atoms with E-state index in [1.54, 1.807) is 50.8 Å². The highest BCUT2D eigenvalue weighted by Gasteiger charge is 2.36. The molecule has 0 radical (unpaired) electrons. The van der Waals surface area contributed by atoms with Gasteiger partial charge in [0.05, 0.1) is 46.6 Å². The number of hydrogen-bond donors (Lipinski definition) is 2. The fourth-order valence-corrected chi connectivity index (χ4v) is 12.4. The van der Waals surface area contributed by atoms with E-state index in [9.17, 15) is 37.4 Å². The molecule has 0 aliphatic carbocycles. The van der Waals surface area contributed by atoms with Crippen LogP contribution in [0.15, 0.2) is 231 Å². The highest BCUT2D eigenvalue weighted by Crippen LogP contribution is 2.31. The van der Waals surface area contributed by atoms with Gasteiger partial charge in [0.25, 0.3) is 0 Å². The Morgan fingerprint density at radius 2 is 0.982 bits per heavy atom. The third-order valence-corrected chi connectivity index (χ3v) is 18.3. The zero-order valence-electron chi connectivity index (χ0n) is 60.4. The van der Waals surface area contributed by atoms with Gasteiger partial charge in [-0.25, -0.2) is 41.6 Å². The first-order valence-corrected chi connectivity index (χ1v) is 35.1. The summed E-state index contributed by atoms with van der Waals surface area (Å²) in [4.78, 5) is 45.3. The largest absolute Gasteiger partial charge is 0.497 e. The lowest BCUT2D eigenvalue weighted by Crippen LogP contribution is -2.45. The molecule has 2 aliphatic heterocycles. The van der Waals surface area contributed by atoms with Crippen LogP contribution >= 0.6 is 0 Å². The molecule has 2 fully saturated rings. The Morgan fingerprint density at radius 3 is 1.40 bits per heavy atom. The SMILES string of the molecule is C#CCOc1ccc(/C=C/C(=O)c2ccc(N3CCN(Cc4ccc(OC)cc4)CC3)cc2)cc1.COc1ccc(CN2CCN(c3ccc(C(=O)/C=C/c4ccc(OCc5cn(CC(O)(Cn6cncn6)c6ccc(F)cc6F)nn5)cc4)cc3)CC2)cc1.[N-]=[N+]=NCC(O)(Cn1cncn1)c1ccc(F)cc1F. The molecule has 3 aromatic heterocycles. The van der Waals surface area contributed by atoms with Gasteiger partial charge < -0.3 is 39.0 Å². The Kier molecular flexibility index (Phi) is 27.2. The lowest BCUT2D eigenvalue weighted by Gasteiger charge is -2.36. The summed E-state index contributed by atoms with van der Waals surface area (Å²) in [7, 11) is 3.36. The number of carbonyl (C=O) groups is 2. The molecule has 28 heteroatoms. The van der Waals surface area contributed by atoms with Gasteiger partial charge in [-0.15, -0.1) is 11.5 Å². The molecule has 0 spiro atoms. The first kappa shape index (κ1) is 78.3. The van der Waals surface area contributed by atoms with Crippen molar-refractivity contribution in [3.05, 3.63) is 310 Å². The number of methoxy groups -OCH3 is 2. The van der Waals surface area contributed by atoms with E-state index >= 15 is 0 Å². The molecule has 2 unspecified atom stereocenters. The molecule has 110 heavy (non-hydrogen) atoms. The van der Waals surface area contributed by atoms with Gasteiger partial charge in [0.15, 0.2) is 11.6 Å². The molecule has 8 aromatic carbocycles. The van der Waals surface area contributed by atoms with E-state index in [4.69, 9.17) is 30.9 Å². The number of nitrogens with zero attached hydrogens (tertiary/aromatic N) is 16. The molecular weight excluding hydrogens is 1410 g/mol. The van der Waals surface area contributed by atoms with Crippen LogP contribution in [0.2, 0.25) is 0 Å². The maximum absolute atomic E-state index is 14.8. The lowest BCUT2D eigenvalue weighted by atomic mass is 9.93. The van der Waals surface area contributed by atoms with Crippen molar-refractivity contribution < 1.29 is 56.3 Å². The summed E-state index contributed by atoms with van der Waals surface area (Å²) in [6.45, 7) is 8.88. The van der Waals surface area contributed by atoms with Gasteiger partial charge in [0, 0.05) is 116 Å². The Hall–Kier alpha value is -12.8. The summed E-state index contributed by atoms with van der Waals surface area (Å²) >= 11 is 0. The van der Waals surface area contributed by atoms with Gasteiger partial charge in [0.1, 0.15) is 102 Å². The van der Waals surface area contributed by atoms with Crippen LogP contribution in [-0.2, 0) is 50.5 Å². The van der Waals surface area contributed by atoms with Crippen LogP contribution < -0.4 is 28.7 Å². The predicted octanol–water partition coefficient (Wildman–Crippen LogP) is 12.2. The summed E-state index contributed by atoms with van der Waals surface area (Å²) in [6.07, 6.45) is 18.8. The summed E-state index contributed by atoms with van der Waals surface area (Å²) < 4.78 is 80.9. The number of anilines is 2. The van der Waals surface area contributed by atoms with E-state index in [2.05, 4.69) is 90.3 Å². The van der Waals surface area contributed by atoms with Gasteiger partial charge in [-0.3, -0.25) is 19.4 Å². The van der Waals surface area contributed by atoms with Crippen molar-refractivity contribution in [3.8, 4) is 35.3 Å². The fourth-order valence-electron chi connectivity index (χ4n) is 12.4. The smallest absolute Gasteiger partial charge is 0.185 e. The highest BCUT2D eigenvalue weighted by atomic mass is 19.1. The minimum Gasteiger partial charge on any atom is -0.497 e. The number of ether oxygens (including phenoxy) is 4. The summed E-state index contributed by atoms with van der Waals surface area (Å²) in [5.74, 6) is 2.01. The van der Waals surface area contributed by atoms with Crippen molar-refractivity contribution in [1.82, 2.24) is 54.3 Å². The number of azide groups is 1. The molecular formula is C82H80F4N16O8. The van der Waals surface area contributed by atoms with Crippen LogP contribution in [0.3, 0.4) is 0 Å². The summed E-state index contributed by atoms with van der Waals surface area (Å²) in [6, 6.07) is 52.6. The maximum atomic E-state index is 14.8. The summed E-state index contributed by atoms with van der Waals surface area (Å²) in [5.41, 5.74) is 12.7. The Bertz CT molecular complexity index is 4930. The molecule has 13 rings (SSSR count).